The number of nitrogens with one attached hydrogen (secondary N) is 2. The van der Waals surface area contributed by atoms with E-state index < -0.39 is 10.0 Å². The van der Waals surface area contributed by atoms with Gasteiger partial charge in [0.25, 0.3) is 0 Å². The van der Waals surface area contributed by atoms with Crippen LogP contribution in [0.3, 0.4) is 0 Å². The number of ether oxygens (including phenoxy) is 2. The average Bonchev–Trinajstić information content (AvgIpc) is 2.95. The Morgan fingerprint density at radius 1 is 1.27 bits per heavy atom. The lowest BCUT2D eigenvalue weighted by Crippen LogP contribution is -2.52. The van der Waals surface area contributed by atoms with Gasteiger partial charge in [-0.3, -0.25) is 0 Å². The van der Waals surface area contributed by atoms with Crippen LogP contribution < -0.4 is 14.8 Å². The van der Waals surface area contributed by atoms with Crippen LogP contribution in [0.15, 0.2) is 29.2 Å². The molecule has 0 bridgehead atoms. The molecule has 22 heavy (non-hydrogen) atoms. The maximum atomic E-state index is 12.3. The highest BCUT2D eigenvalue weighted by Crippen LogP contribution is 2.20. The Morgan fingerprint density at radius 3 is 2.45 bits per heavy atom. The van der Waals surface area contributed by atoms with Gasteiger partial charge in [-0.2, -0.15) is 0 Å². The van der Waals surface area contributed by atoms with E-state index in [-0.39, 0.29) is 22.8 Å². The summed E-state index contributed by atoms with van der Waals surface area (Å²) >= 11 is 0. The van der Waals surface area contributed by atoms with Crippen molar-refractivity contribution in [3.63, 3.8) is 0 Å². The molecule has 1 saturated heterocycles. The van der Waals surface area contributed by atoms with Crippen molar-refractivity contribution < 1.29 is 17.9 Å². The Kier molecular flexibility index (Phi) is 7.08. The van der Waals surface area contributed by atoms with Gasteiger partial charge in [0.15, 0.2) is 0 Å². The van der Waals surface area contributed by atoms with Gasteiger partial charge in [0.05, 0.1) is 24.2 Å². The number of halogens is 1. The third kappa shape index (κ3) is 4.57. The molecule has 2 rings (SSSR count). The van der Waals surface area contributed by atoms with E-state index in [4.69, 9.17) is 9.47 Å². The van der Waals surface area contributed by atoms with E-state index in [1.165, 1.54) is 12.1 Å². The number of methoxy groups -OCH3 is 2. The highest BCUT2D eigenvalue weighted by atomic mass is 35.5. The molecule has 1 heterocycles. The first kappa shape index (κ1) is 19.2. The largest absolute Gasteiger partial charge is 0.497 e. The summed E-state index contributed by atoms with van der Waals surface area (Å²) in [6.45, 7) is 1.68. The fourth-order valence-electron chi connectivity index (χ4n) is 2.54. The molecule has 1 aliphatic rings. The minimum Gasteiger partial charge on any atom is -0.497 e. The van der Waals surface area contributed by atoms with Crippen LogP contribution in [-0.4, -0.2) is 47.9 Å². The summed E-state index contributed by atoms with van der Waals surface area (Å²) in [6.07, 6.45) is 1.92. The molecule has 0 radical (unpaired) electrons. The molecule has 0 amide bonds. The Hall–Kier alpha value is -0.860. The number of benzene rings is 1. The van der Waals surface area contributed by atoms with Gasteiger partial charge in [-0.15, -0.1) is 12.4 Å². The lowest BCUT2D eigenvalue weighted by molar-refractivity contribution is 0.122. The van der Waals surface area contributed by atoms with Crippen molar-refractivity contribution >= 4 is 22.4 Å². The first-order valence-electron chi connectivity index (χ1n) is 6.89. The van der Waals surface area contributed by atoms with Gasteiger partial charge in [-0.1, -0.05) is 0 Å². The van der Waals surface area contributed by atoms with Crippen LogP contribution in [0.5, 0.6) is 5.75 Å². The average molecular weight is 351 g/mol. The summed E-state index contributed by atoms with van der Waals surface area (Å²) in [5.74, 6) is 0.627. The van der Waals surface area contributed by atoms with Gasteiger partial charge in [-0.25, -0.2) is 13.1 Å². The monoisotopic (exact) mass is 350 g/mol. The van der Waals surface area contributed by atoms with Gasteiger partial charge in [-0.05, 0) is 43.7 Å². The molecule has 2 N–H and O–H groups in total. The van der Waals surface area contributed by atoms with E-state index >= 15 is 0 Å². The molecular formula is C14H23ClN2O4S. The molecule has 1 aromatic rings. The molecule has 1 aliphatic heterocycles. The Labute approximate surface area is 138 Å². The summed E-state index contributed by atoms with van der Waals surface area (Å²) in [6, 6.07) is 6.33. The van der Waals surface area contributed by atoms with Crippen LogP contribution in [0.25, 0.3) is 0 Å². The molecule has 0 spiro atoms. The maximum absolute atomic E-state index is 12.3. The maximum Gasteiger partial charge on any atom is 0.240 e. The van der Waals surface area contributed by atoms with Crippen LogP contribution in [0.4, 0.5) is 0 Å². The summed E-state index contributed by atoms with van der Waals surface area (Å²) < 4.78 is 37.5. The Bertz CT molecular complexity index is 557. The van der Waals surface area contributed by atoms with E-state index in [0.29, 0.717) is 18.9 Å². The van der Waals surface area contributed by atoms with E-state index in [1.807, 2.05) is 0 Å². The van der Waals surface area contributed by atoms with Gasteiger partial charge in [0, 0.05) is 13.7 Å². The minimum atomic E-state index is -3.53. The zero-order valence-electron chi connectivity index (χ0n) is 12.8. The summed E-state index contributed by atoms with van der Waals surface area (Å²) in [4.78, 5) is 0.230. The molecule has 1 atom stereocenters. The second-order valence-electron chi connectivity index (χ2n) is 5.24. The van der Waals surface area contributed by atoms with Crippen molar-refractivity contribution in [2.45, 2.75) is 23.3 Å². The third-order valence-corrected chi connectivity index (χ3v) is 5.14. The zero-order valence-corrected chi connectivity index (χ0v) is 14.4. The summed E-state index contributed by atoms with van der Waals surface area (Å²) in [5, 5.41) is 3.34. The number of sulfonamides is 1. The highest BCUT2D eigenvalue weighted by Gasteiger charge is 2.34. The fraction of sp³-hybridized carbons (Fsp3) is 0.571. The van der Waals surface area contributed by atoms with Crippen molar-refractivity contribution in [2.75, 3.05) is 33.9 Å². The molecule has 0 aliphatic carbocycles. The fourth-order valence-corrected chi connectivity index (χ4v) is 3.67. The molecule has 8 heteroatoms. The SMILES string of the molecule is COCC1(CNS(=O)(=O)c2ccc(OC)cc2)CCCN1.Cl. The van der Waals surface area contributed by atoms with Crippen LogP contribution in [0, 0.1) is 0 Å². The van der Waals surface area contributed by atoms with E-state index in [0.717, 1.165) is 19.4 Å². The van der Waals surface area contributed by atoms with Crippen molar-refractivity contribution in [1.82, 2.24) is 10.0 Å². The smallest absolute Gasteiger partial charge is 0.240 e. The molecule has 1 aromatic carbocycles. The molecule has 126 valence electrons. The third-order valence-electron chi connectivity index (χ3n) is 3.72. The van der Waals surface area contributed by atoms with Crippen LogP contribution in [0.2, 0.25) is 0 Å². The minimum absolute atomic E-state index is 0. The number of hydrogen-bond acceptors (Lipinski definition) is 5. The van der Waals surface area contributed by atoms with Crippen LogP contribution in [0.1, 0.15) is 12.8 Å². The second kappa shape index (κ2) is 8.12. The lowest BCUT2D eigenvalue weighted by atomic mass is 9.99. The Balaban J connectivity index is 0.00000242. The van der Waals surface area contributed by atoms with Gasteiger partial charge >= 0.3 is 0 Å². The number of hydrogen-bond donors (Lipinski definition) is 2. The van der Waals surface area contributed by atoms with Crippen molar-refractivity contribution in [3.8, 4) is 5.75 Å². The lowest BCUT2D eigenvalue weighted by Gasteiger charge is -2.28. The van der Waals surface area contributed by atoms with Crippen molar-refractivity contribution in [1.29, 1.82) is 0 Å². The summed E-state index contributed by atoms with van der Waals surface area (Å²) in [5.41, 5.74) is -0.311. The second-order valence-corrected chi connectivity index (χ2v) is 7.01. The van der Waals surface area contributed by atoms with E-state index in [2.05, 4.69) is 10.0 Å². The standard InChI is InChI=1S/C14H22N2O4S.ClH/c1-19-11-14(8-3-9-15-14)10-16-21(17,18)13-6-4-12(20-2)5-7-13;/h4-7,15-16H,3,8-11H2,1-2H3;1H. The predicted octanol–water partition coefficient (Wildman–Crippen LogP) is 1.16. The molecule has 6 nitrogen and oxygen atoms in total. The van der Waals surface area contributed by atoms with E-state index in [9.17, 15) is 8.42 Å². The highest BCUT2D eigenvalue weighted by molar-refractivity contribution is 7.89. The van der Waals surface area contributed by atoms with Gasteiger partial charge in [0.2, 0.25) is 10.0 Å². The molecular weight excluding hydrogens is 328 g/mol. The Morgan fingerprint density at radius 2 is 1.95 bits per heavy atom. The van der Waals surface area contributed by atoms with Gasteiger partial charge < -0.3 is 14.8 Å². The number of rotatable bonds is 7. The van der Waals surface area contributed by atoms with Crippen LogP contribution >= 0.6 is 12.4 Å². The first-order valence-corrected chi connectivity index (χ1v) is 8.37. The van der Waals surface area contributed by atoms with Crippen molar-refractivity contribution in [3.05, 3.63) is 24.3 Å². The zero-order chi connectivity index (χ0) is 15.3. The first-order chi connectivity index (χ1) is 10.0. The van der Waals surface area contributed by atoms with Crippen LogP contribution in [-0.2, 0) is 14.8 Å². The molecule has 1 fully saturated rings. The van der Waals surface area contributed by atoms with E-state index in [1.54, 1.807) is 26.4 Å². The van der Waals surface area contributed by atoms with Crippen molar-refractivity contribution in [2.24, 2.45) is 0 Å². The molecule has 0 saturated carbocycles. The summed E-state index contributed by atoms with van der Waals surface area (Å²) in [7, 11) is -0.362. The predicted molar refractivity (Wildman–Crippen MR) is 87.3 cm³/mol. The molecule has 1 unspecified atom stereocenters. The topological polar surface area (TPSA) is 76.7 Å². The normalized spacial score (nSPS) is 21.4. The van der Waals surface area contributed by atoms with Gasteiger partial charge in [0.1, 0.15) is 5.75 Å². The molecule has 0 aromatic heterocycles. The quantitative estimate of drug-likeness (QED) is 0.771.